The van der Waals surface area contributed by atoms with E-state index in [1.807, 2.05) is 13.8 Å². The van der Waals surface area contributed by atoms with Crippen molar-refractivity contribution in [1.29, 1.82) is 0 Å². The Kier molecular flexibility index (Phi) is 5.56. The van der Waals surface area contributed by atoms with Crippen molar-refractivity contribution in [2.45, 2.75) is 26.1 Å². The zero-order valence-corrected chi connectivity index (χ0v) is 14.0. The van der Waals surface area contributed by atoms with Gasteiger partial charge in [0.15, 0.2) is 0 Å². The number of carbonyl (C=O) groups is 1. The van der Waals surface area contributed by atoms with E-state index in [4.69, 9.17) is 9.47 Å². The molecule has 0 amide bonds. The summed E-state index contributed by atoms with van der Waals surface area (Å²) in [4.78, 5) is 11.9. The van der Waals surface area contributed by atoms with Crippen molar-refractivity contribution in [1.82, 2.24) is 0 Å². The molecular formula is C18H18F3NO3. The fourth-order valence-electron chi connectivity index (χ4n) is 2.22. The lowest BCUT2D eigenvalue weighted by atomic mass is 10.1. The maximum absolute atomic E-state index is 13.1. The molecule has 7 heteroatoms. The Morgan fingerprint density at radius 3 is 2.40 bits per heavy atom. The number of nitrogens with one attached hydrogen (secondary N) is 1. The number of hydrogen-bond donors (Lipinski definition) is 1. The van der Waals surface area contributed by atoms with Gasteiger partial charge < -0.3 is 14.8 Å². The van der Waals surface area contributed by atoms with Crippen LogP contribution in [0.4, 0.5) is 18.9 Å². The highest BCUT2D eigenvalue weighted by atomic mass is 19.4. The summed E-state index contributed by atoms with van der Waals surface area (Å²) in [5, 5.41) is 3.08. The minimum Gasteiger partial charge on any atom is -0.465 e. The molecule has 0 atom stereocenters. The first-order chi connectivity index (χ1) is 11.7. The standard InChI is InChI=1S/C18H18F3NO3/c1-11(2)22-15-9-8-12(10-13(15)17(23)24-3)25-16-7-5-4-6-14(16)18(19,20)21/h4-11,22H,1-3H3. The molecule has 0 spiro atoms. The number of ether oxygens (including phenoxy) is 2. The second-order valence-corrected chi connectivity index (χ2v) is 5.59. The monoisotopic (exact) mass is 353 g/mol. The van der Waals surface area contributed by atoms with Gasteiger partial charge in [0.2, 0.25) is 0 Å². The smallest absolute Gasteiger partial charge is 0.419 e. The van der Waals surface area contributed by atoms with Crippen molar-refractivity contribution < 1.29 is 27.4 Å². The predicted octanol–water partition coefficient (Wildman–Crippen LogP) is 5.10. The van der Waals surface area contributed by atoms with Gasteiger partial charge in [0.25, 0.3) is 0 Å². The molecule has 134 valence electrons. The summed E-state index contributed by atoms with van der Waals surface area (Å²) < 4.78 is 49.3. The van der Waals surface area contributed by atoms with Crippen LogP contribution >= 0.6 is 0 Å². The second-order valence-electron chi connectivity index (χ2n) is 5.59. The van der Waals surface area contributed by atoms with Gasteiger partial charge in [-0.05, 0) is 44.2 Å². The summed E-state index contributed by atoms with van der Waals surface area (Å²) >= 11 is 0. The molecule has 0 unspecified atom stereocenters. The van der Waals surface area contributed by atoms with Gasteiger partial charge in [-0.2, -0.15) is 13.2 Å². The molecule has 1 N–H and O–H groups in total. The second kappa shape index (κ2) is 7.46. The van der Waals surface area contributed by atoms with Crippen molar-refractivity contribution in [2.75, 3.05) is 12.4 Å². The Morgan fingerprint density at radius 1 is 1.12 bits per heavy atom. The van der Waals surface area contributed by atoms with Gasteiger partial charge in [-0.25, -0.2) is 4.79 Å². The van der Waals surface area contributed by atoms with Crippen LogP contribution in [0.5, 0.6) is 11.5 Å². The van der Waals surface area contributed by atoms with Crippen molar-refractivity contribution in [3.8, 4) is 11.5 Å². The highest BCUT2D eigenvalue weighted by Gasteiger charge is 2.34. The summed E-state index contributed by atoms with van der Waals surface area (Å²) in [6.45, 7) is 3.79. The SMILES string of the molecule is COC(=O)c1cc(Oc2ccccc2C(F)(F)F)ccc1NC(C)C. The van der Waals surface area contributed by atoms with E-state index in [0.29, 0.717) is 5.69 Å². The van der Waals surface area contributed by atoms with E-state index in [1.165, 1.54) is 37.4 Å². The van der Waals surface area contributed by atoms with E-state index in [9.17, 15) is 18.0 Å². The van der Waals surface area contributed by atoms with Gasteiger partial charge in [0, 0.05) is 11.7 Å². The normalized spacial score (nSPS) is 11.3. The number of carbonyl (C=O) groups excluding carboxylic acids is 1. The number of halogens is 3. The van der Waals surface area contributed by atoms with Crippen LogP contribution in [0.15, 0.2) is 42.5 Å². The highest BCUT2D eigenvalue weighted by Crippen LogP contribution is 2.38. The third kappa shape index (κ3) is 4.65. The third-order valence-electron chi connectivity index (χ3n) is 3.26. The quantitative estimate of drug-likeness (QED) is 0.760. The molecule has 0 aliphatic rings. The first kappa shape index (κ1) is 18.6. The average Bonchev–Trinajstić information content (AvgIpc) is 2.54. The predicted molar refractivity (Wildman–Crippen MR) is 88.1 cm³/mol. The van der Waals surface area contributed by atoms with Gasteiger partial charge in [-0.3, -0.25) is 0 Å². The Hall–Kier alpha value is -2.70. The summed E-state index contributed by atoms with van der Waals surface area (Å²) in [5.74, 6) is -0.848. The first-order valence-corrected chi connectivity index (χ1v) is 7.55. The van der Waals surface area contributed by atoms with E-state index in [2.05, 4.69) is 5.32 Å². The molecule has 0 saturated carbocycles. The fraction of sp³-hybridized carbons (Fsp3) is 0.278. The minimum absolute atomic E-state index is 0.0566. The Labute approximate surface area is 143 Å². The number of alkyl halides is 3. The molecule has 0 saturated heterocycles. The molecule has 0 heterocycles. The third-order valence-corrected chi connectivity index (χ3v) is 3.26. The number of para-hydroxylation sites is 1. The molecule has 2 rings (SSSR count). The van der Waals surface area contributed by atoms with Crippen molar-refractivity contribution in [2.24, 2.45) is 0 Å². The van der Waals surface area contributed by atoms with Gasteiger partial charge in [0.1, 0.15) is 11.5 Å². The number of anilines is 1. The molecule has 2 aromatic carbocycles. The Morgan fingerprint density at radius 2 is 1.80 bits per heavy atom. The van der Waals surface area contributed by atoms with E-state index >= 15 is 0 Å². The summed E-state index contributed by atoms with van der Waals surface area (Å²) in [7, 11) is 1.23. The molecule has 2 aromatic rings. The van der Waals surface area contributed by atoms with Crippen LogP contribution in [0.25, 0.3) is 0 Å². The molecule has 0 radical (unpaired) electrons. The molecule has 0 aliphatic carbocycles. The van der Waals surface area contributed by atoms with E-state index in [-0.39, 0.29) is 23.1 Å². The largest absolute Gasteiger partial charge is 0.465 e. The van der Waals surface area contributed by atoms with Crippen LogP contribution in [-0.2, 0) is 10.9 Å². The molecule has 0 fully saturated rings. The molecule has 0 bridgehead atoms. The maximum Gasteiger partial charge on any atom is 0.419 e. The van der Waals surface area contributed by atoms with Gasteiger partial charge in [-0.15, -0.1) is 0 Å². The lowest BCUT2D eigenvalue weighted by Gasteiger charge is -2.17. The number of methoxy groups -OCH3 is 1. The number of rotatable bonds is 5. The van der Waals surface area contributed by atoms with Gasteiger partial charge in [-0.1, -0.05) is 12.1 Å². The van der Waals surface area contributed by atoms with Crippen LogP contribution in [0.2, 0.25) is 0 Å². The maximum atomic E-state index is 13.1. The molecule has 4 nitrogen and oxygen atoms in total. The highest BCUT2D eigenvalue weighted by molar-refractivity contribution is 5.96. The van der Waals surface area contributed by atoms with E-state index < -0.39 is 17.7 Å². The summed E-state index contributed by atoms with van der Waals surface area (Å²) in [5.41, 5.74) is -0.199. The molecule has 0 aromatic heterocycles. The van der Waals surface area contributed by atoms with Crippen LogP contribution in [0, 0.1) is 0 Å². The zero-order valence-electron chi connectivity index (χ0n) is 14.0. The van der Waals surface area contributed by atoms with Crippen LogP contribution < -0.4 is 10.1 Å². The molecular weight excluding hydrogens is 335 g/mol. The molecule has 25 heavy (non-hydrogen) atoms. The molecule has 0 aliphatic heterocycles. The van der Waals surface area contributed by atoms with Crippen LogP contribution in [0.3, 0.4) is 0 Å². The average molecular weight is 353 g/mol. The van der Waals surface area contributed by atoms with Gasteiger partial charge in [0.05, 0.1) is 18.2 Å². The number of hydrogen-bond acceptors (Lipinski definition) is 4. The zero-order chi connectivity index (χ0) is 18.6. The summed E-state index contributed by atoms with van der Waals surface area (Å²) in [6, 6.07) is 9.35. The van der Waals surface area contributed by atoms with E-state index in [1.54, 1.807) is 6.07 Å². The van der Waals surface area contributed by atoms with Gasteiger partial charge >= 0.3 is 12.1 Å². The first-order valence-electron chi connectivity index (χ1n) is 7.55. The van der Waals surface area contributed by atoms with E-state index in [0.717, 1.165) is 6.07 Å². The van der Waals surface area contributed by atoms with Crippen LogP contribution in [0.1, 0.15) is 29.8 Å². The number of esters is 1. The minimum atomic E-state index is -4.54. The topological polar surface area (TPSA) is 47.6 Å². The van der Waals surface area contributed by atoms with Crippen molar-refractivity contribution in [3.05, 3.63) is 53.6 Å². The van der Waals surface area contributed by atoms with Crippen molar-refractivity contribution in [3.63, 3.8) is 0 Å². The lowest BCUT2D eigenvalue weighted by Crippen LogP contribution is -2.14. The lowest BCUT2D eigenvalue weighted by molar-refractivity contribution is -0.138. The number of benzene rings is 2. The van der Waals surface area contributed by atoms with Crippen LogP contribution in [-0.4, -0.2) is 19.1 Å². The summed E-state index contributed by atoms with van der Waals surface area (Å²) in [6.07, 6.45) is -4.54. The fourth-order valence-corrected chi connectivity index (χ4v) is 2.22. The van der Waals surface area contributed by atoms with Crippen molar-refractivity contribution >= 4 is 11.7 Å². The Balaban J connectivity index is 2.40. The Bertz CT molecular complexity index is 757.